The summed E-state index contributed by atoms with van der Waals surface area (Å²) < 4.78 is 5.06. The van der Waals surface area contributed by atoms with Crippen LogP contribution in [0.2, 0.25) is 0 Å². The quantitative estimate of drug-likeness (QED) is 0.815. The van der Waals surface area contributed by atoms with Crippen LogP contribution in [0.4, 0.5) is 0 Å². The van der Waals surface area contributed by atoms with E-state index in [1.807, 2.05) is 6.07 Å². The Bertz CT molecular complexity index is 451. The standard InChI is InChI=1S/C11H10ClNO3/c1-16-10-3-2-7(4-11(14)15)9(6-13)8(10)5-12/h2-3H,4-5H2,1H3,(H,14,15). The second kappa shape index (κ2) is 5.38. The number of carboxylic acids is 1. The number of carboxylic acid groups (broad SMARTS) is 1. The fourth-order valence-corrected chi connectivity index (χ4v) is 1.72. The number of ether oxygens (including phenoxy) is 1. The Morgan fingerprint density at radius 1 is 1.62 bits per heavy atom. The number of nitrogens with zero attached hydrogens (tertiary/aromatic N) is 1. The van der Waals surface area contributed by atoms with Crippen molar-refractivity contribution in [2.75, 3.05) is 7.11 Å². The van der Waals surface area contributed by atoms with Gasteiger partial charge in [0.1, 0.15) is 5.75 Å². The van der Waals surface area contributed by atoms with E-state index in [4.69, 9.17) is 26.7 Å². The number of hydrogen-bond donors (Lipinski definition) is 1. The van der Waals surface area contributed by atoms with Crippen molar-refractivity contribution in [2.45, 2.75) is 12.3 Å². The molecule has 84 valence electrons. The summed E-state index contributed by atoms with van der Waals surface area (Å²) in [5.41, 5.74) is 1.27. The van der Waals surface area contributed by atoms with Crippen LogP contribution in [0, 0.1) is 11.3 Å². The maximum absolute atomic E-state index is 10.6. The lowest BCUT2D eigenvalue weighted by Gasteiger charge is -2.10. The summed E-state index contributed by atoms with van der Waals surface area (Å²) in [6, 6.07) is 5.16. The second-order valence-corrected chi connectivity index (χ2v) is 3.36. The van der Waals surface area contributed by atoms with Gasteiger partial charge >= 0.3 is 5.97 Å². The molecule has 4 nitrogen and oxygen atoms in total. The van der Waals surface area contributed by atoms with E-state index in [1.54, 1.807) is 12.1 Å². The molecule has 1 aromatic carbocycles. The van der Waals surface area contributed by atoms with Crippen molar-refractivity contribution in [3.05, 3.63) is 28.8 Å². The zero-order chi connectivity index (χ0) is 12.1. The molecule has 16 heavy (non-hydrogen) atoms. The largest absolute Gasteiger partial charge is 0.496 e. The van der Waals surface area contributed by atoms with Gasteiger partial charge in [0, 0.05) is 5.56 Å². The molecule has 5 heteroatoms. The number of nitriles is 1. The molecule has 1 aromatic rings. The number of benzene rings is 1. The lowest BCUT2D eigenvalue weighted by Crippen LogP contribution is -2.05. The summed E-state index contributed by atoms with van der Waals surface area (Å²) in [5.74, 6) is -0.373. The van der Waals surface area contributed by atoms with Crippen molar-refractivity contribution < 1.29 is 14.6 Å². The number of aliphatic carboxylic acids is 1. The number of hydrogen-bond acceptors (Lipinski definition) is 3. The molecule has 1 rings (SSSR count). The first kappa shape index (κ1) is 12.3. The van der Waals surface area contributed by atoms with Crippen LogP contribution in [0.25, 0.3) is 0 Å². The third-order valence-corrected chi connectivity index (χ3v) is 2.43. The number of rotatable bonds is 4. The highest BCUT2D eigenvalue weighted by Gasteiger charge is 2.14. The zero-order valence-electron chi connectivity index (χ0n) is 8.66. The van der Waals surface area contributed by atoms with Crippen molar-refractivity contribution in [1.29, 1.82) is 5.26 Å². The Balaban J connectivity index is 3.32. The molecule has 0 aliphatic carbocycles. The monoisotopic (exact) mass is 239 g/mol. The van der Waals surface area contributed by atoms with E-state index < -0.39 is 5.97 Å². The van der Waals surface area contributed by atoms with E-state index in [1.165, 1.54) is 7.11 Å². The Morgan fingerprint density at radius 2 is 2.31 bits per heavy atom. The summed E-state index contributed by atoms with van der Waals surface area (Å²) in [4.78, 5) is 10.6. The number of methoxy groups -OCH3 is 1. The number of alkyl halides is 1. The van der Waals surface area contributed by atoms with Crippen LogP contribution in [-0.2, 0) is 17.1 Å². The fourth-order valence-electron chi connectivity index (χ4n) is 1.45. The third-order valence-electron chi connectivity index (χ3n) is 2.16. The minimum Gasteiger partial charge on any atom is -0.496 e. The first-order valence-electron chi connectivity index (χ1n) is 4.50. The van der Waals surface area contributed by atoms with Gasteiger partial charge in [-0.05, 0) is 11.6 Å². The topological polar surface area (TPSA) is 70.3 Å². The van der Waals surface area contributed by atoms with Gasteiger partial charge in [0.25, 0.3) is 0 Å². The minimum absolute atomic E-state index is 0.111. The van der Waals surface area contributed by atoms with Crippen molar-refractivity contribution in [3.63, 3.8) is 0 Å². The molecule has 0 saturated heterocycles. The highest BCUT2D eigenvalue weighted by molar-refractivity contribution is 6.17. The van der Waals surface area contributed by atoms with Gasteiger partial charge in [0.15, 0.2) is 0 Å². The lowest BCUT2D eigenvalue weighted by molar-refractivity contribution is -0.136. The summed E-state index contributed by atoms with van der Waals surface area (Å²) in [6.45, 7) is 0. The average Bonchev–Trinajstić information content (AvgIpc) is 2.27. The third kappa shape index (κ3) is 2.44. The Kier molecular flexibility index (Phi) is 4.15. The van der Waals surface area contributed by atoms with Gasteiger partial charge < -0.3 is 9.84 Å². The highest BCUT2D eigenvalue weighted by atomic mass is 35.5. The molecule has 0 radical (unpaired) electrons. The van der Waals surface area contributed by atoms with Gasteiger partial charge in [-0.3, -0.25) is 4.79 Å². The van der Waals surface area contributed by atoms with Crippen molar-refractivity contribution in [1.82, 2.24) is 0 Å². The molecule has 0 heterocycles. The zero-order valence-corrected chi connectivity index (χ0v) is 9.41. The number of halogens is 1. The van der Waals surface area contributed by atoms with E-state index in [-0.39, 0.29) is 17.9 Å². The molecule has 0 saturated carbocycles. The Morgan fingerprint density at radius 3 is 2.75 bits per heavy atom. The van der Waals surface area contributed by atoms with Crippen LogP contribution in [0.15, 0.2) is 12.1 Å². The van der Waals surface area contributed by atoms with Gasteiger partial charge in [0.2, 0.25) is 0 Å². The van der Waals surface area contributed by atoms with E-state index in [9.17, 15) is 4.79 Å². The molecule has 0 atom stereocenters. The van der Waals surface area contributed by atoms with Crippen LogP contribution < -0.4 is 4.74 Å². The molecule has 0 fully saturated rings. The Hall–Kier alpha value is -1.73. The van der Waals surface area contributed by atoms with Gasteiger partial charge in [-0.1, -0.05) is 6.07 Å². The predicted octanol–water partition coefficient (Wildman–Crippen LogP) is 1.93. The summed E-state index contributed by atoms with van der Waals surface area (Å²) in [5, 5.41) is 17.7. The van der Waals surface area contributed by atoms with Crippen LogP contribution in [0.3, 0.4) is 0 Å². The summed E-state index contributed by atoms with van der Waals surface area (Å²) in [7, 11) is 1.48. The van der Waals surface area contributed by atoms with Crippen LogP contribution in [0.5, 0.6) is 5.75 Å². The van der Waals surface area contributed by atoms with E-state index in [0.717, 1.165) is 0 Å². The summed E-state index contributed by atoms with van der Waals surface area (Å²) >= 11 is 5.72. The van der Waals surface area contributed by atoms with Crippen LogP contribution in [-0.4, -0.2) is 18.2 Å². The molecule has 0 aromatic heterocycles. The van der Waals surface area contributed by atoms with Crippen molar-refractivity contribution >= 4 is 17.6 Å². The van der Waals surface area contributed by atoms with E-state index >= 15 is 0 Å². The average molecular weight is 240 g/mol. The van der Waals surface area contributed by atoms with Gasteiger partial charge in [-0.25, -0.2) is 0 Å². The normalized spacial score (nSPS) is 9.56. The molecular formula is C11H10ClNO3. The fraction of sp³-hybridized carbons (Fsp3) is 0.273. The Labute approximate surface area is 98.0 Å². The maximum Gasteiger partial charge on any atom is 0.307 e. The predicted molar refractivity (Wildman–Crippen MR) is 58.6 cm³/mol. The molecule has 1 N–H and O–H groups in total. The second-order valence-electron chi connectivity index (χ2n) is 3.10. The van der Waals surface area contributed by atoms with Crippen LogP contribution in [0.1, 0.15) is 16.7 Å². The molecule has 0 unspecified atom stereocenters. The van der Waals surface area contributed by atoms with Crippen LogP contribution >= 0.6 is 11.6 Å². The van der Waals surface area contributed by atoms with Gasteiger partial charge in [-0.2, -0.15) is 5.26 Å². The summed E-state index contributed by atoms with van der Waals surface area (Å²) in [6.07, 6.45) is -0.198. The SMILES string of the molecule is COc1ccc(CC(=O)O)c(C#N)c1CCl. The maximum atomic E-state index is 10.6. The van der Waals surface area contributed by atoms with Gasteiger partial charge in [0.05, 0.1) is 31.0 Å². The number of carbonyl (C=O) groups is 1. The molecule has 0 amide bonds. The van der Waals surface area contributed by atoms with E-state index in [2.05, 4.69) is 0 Å². The molecule has 0 aliphatic rings. The molecule has 0 aliphatic heterocycles. The lowest BCUT2D eigenvalue weighted by atomic mass is 9.99. The first-order valence-corrected chi connectivity index (χ1v) is 5.04. The van der Waals surface area contributed by atoms with Crippen molar-refractivity contribution in [3.8, 4) is 11.8 Å². The highest BCUT2D eigenvalue weighted by Crippen LogP contribution is 2.27. The molecule has 0 bridgehead atoms. The van der Waals surface area contributed by atoms with E-state index in [0.29, 0.717) is 16.9 Å². The van der Waals surface area contributed by atoms with Crippen molar-refractivity contribution in [2.24, 2.45) is 0 Å². The van der Waals surface area contributed by atoms with Gasteiger partial charge in [-0.15, -0.1) is 11.6 Å². The molecular weight excluding hydrogens is 230 g/mol. The molecule has 0 spiro atoms. The first-order chi connectivity index (χ1) is 7.63. The minimum atomic E-state index is -0.984. The smallest absolute Gasteiger partial charge is 0.307 e.